The van der Waals surface area contributed by atoms with Gasteiger partial charge in [-0.15, -0.1) is 0 Å². The van der Waals surface area contributed by atoms with Gasteiger partial charge in [0.1, 0.15) is 0 Å². The fourth-order valence-corrected chi connectivity index (χ4v) is 2.30. The summed E-state index contributed by atoms with van der Waals surface area (Å²) in [6.07, 6.45) is 0. The summed E-state index contributed by atoms with van der Waals surface area (Å²) >= 11 is 1.85. The van der Waals surface area contributed by atoms with Gasteiger partial charge in [0.05, 0.1) is 5.75 Å². The minimum atomic E-state index is -5.10. The first kappa shape index (κ1) is 12.5. The lowest BCUT2D eigenvalue weighted by Crippen LogP contribution is -2.29. The largest absolute Gasteiger partial charge is 0.497 e. The summed E-state index contributed by atoms with van der Waals surface area (Å²) < 4.78 is 56.6. The smallest absolute Gasteiger partial charge is 0.220 e. The second kappa shape index (κ2) is 4.12. The van der Waals surface area contributed by atoms with Gasteiger partial charge in [-0.25, -0.2) is 8.42 Å². The van der Waals surface area contributed by atoms with Gasteiger partial charge < -0.3 is 0 Å². The van der Waals surface area contributed by atoms with E-state index in [0.717, 1.165) is 0 Å². The molecule has 2 nitrogen and oxygen atoms in total. The van der Waals surface area contributed by atoms with E-state index in [1.54, 1.807) is 0 Å². The number of sulfone groups is 1. The Labute approximate surface area is 82.6 Å². The summed E-state index contributed by atoms with van der Waals surface area (Å²) in [7, 11) is -4.91. The Morgan fingerprint density at radius 1 is 1.42 bits per heavy atom. The van der Waals surface area contributed by atoms with Crippen LogP contribution in [0.5, 0.6) is 0 Å². The zero-order valence-electron chi connectivity index (χ0n) is 6.23. The lowest BCUT2D eigenvalue weighted by Gasteiger charge is -2.10. The standard InChI is InChI=1S/C5H8F3IO2S/c1-4(2-9)3-12(10,11)5(6,7)8/h4H,2-3H2,1H3/t4-/m0/s1. The number of halogens is 4. The van der Waals surface area contributed by atoms with Crippen molar-refractivity contribution < 1.29 is 21.6 Å². The number of hydrogen-bond donors (Lipinski definition) is 0. The second-order valence-electron chi connectivity index (χ2n) is 2.49. The topological polar surface area (TPSA) is 34.1 Å². The molecule has 74 valence electrons. The van der Waals surface area contributed by atoms with Gasteiger partial charge in [0.2, 0.25) is 9.84 Å². The van der Waals surface area contributed by atoms with Crippen LogP contribution in [0.2, 0.25) is 0 Å². The summed E-state index contributed by atoms with van der Waals surface area (Å²) in [4.78, 5) is 0. The SMILES string of the molecule is C[C@@H](CI)CS(=O)(=O)C(F)(F)F. The second-order valence-corrected chi connectivity index (χ2v) is 5.39. The van der Waals surface area contributed by atoms with Crippen molar-refractivity contribution in [1.29, 1.82) is 0 Å². The van der Waals surface area contributed by atoms with E-state index < -0.39 is 27.0 Å². The molecule has 0 aromatic heterocycles. The maximum Gasteiger partial charge on any atom is 0.497 e. The molecule has 1 atom stereocenters. The van der Waals surface area contributed by atoms with Crippen LogP contribution in [0, 0.1) is 5.92 Å². The molecule has 0 aliphatic rings. The third-order valence-corrected chi connectivity index (χ3v) is 4.34. The zero-order chi connectivity index (χ0) is 9.99. The molecule has 7 heteroatoms. The number of rotatable bonds is 3. The van der Waals surface area contributed by atoms with Crippen molar-refractivity contribution in [1.82, 2.24) is 0 Å². The molecule has 0 spiro atoms. The monoisotopic (exact) mass is 316 g/mol. The van der Waals surface area contributed by atoms with Crippen LogP contribution in [0.25, 0.3) is 0 Å². The molecule has 0 aliphatic heterocycles. The van der Waals surface area contributed by atoms with E-state index in [-0.39, 0.29) is 0 Å². The maximum absolute atomic E-state index is 11.7. The lowest BCUT2D eigenvalue weighted by atomic mass is 10.3. The average Bonchev–Trinajstić information content (AvgIpc) is 1.84. The Kier molecular flexibility index (Phi) is 4.28. The normalized spacial score (nSPS) is 16.1. The zero-order valence-corrected chi connectivity index (χ0v) is 9.20. The molecule has 0 bridgehead atoms. The molecule has 0 aliphatic carbocycles. The summed E-state index contributed by atoms with van der Waals surface area (Å²) in [6, 6.07) is 0. The Hall–Kier alpha value is 0.470. The van der Waals surface area contributed by atoms with Crippen LogP contribution in [0.3, 0.4) is 0 Å². The number of hydrogen-bond acceptors (Lipinski definition) is 2. The van der Waals surface area contributed by atoms with Crippen LogP contribution in [0.1, 0.15) is 6.92 Å². The summed E-state index contributed by atoms with van der Waals surface area (Å²) in [6.45, 7) is 1.47. The van der Waals surface area contributed by atoms with Crippen LogP contribution in [-0.4, -0.2) is 24.1 Å². The van der Waals surface area contributed by atoms with Crippen molar-refractivity contribution in [2.24, 2.45) is 5.92 Å². The molecule has 0 N–H and O–H groups in total. The molecule has 0 saturated carbocycles. The fraction of sp³-hybridized carbons (Fsp3) is 1.00. The first-order chi connectivity index (χ1) is 5.20. The molecular weight excluding hydrogens is 308 g/mol. The number of alkyl halides is 4. The highest BCUT2D eigenvalue weighted by molar-refractivity contribution is 14.1. The lowest BCUT2D eigenvalue weighted by molar-refractivity contribution is -0.0437. The molecule has 0 unspecified atom stereocenters. The maximum atomic E-state index is 11.7. The van der Waals surface area contributed by atoms with Crippen molar-refractivity contribution in [2.75, 3.05) is 10.2 Å². The van der Waals surface area contributed by atoms with E-state index in [2.05, 4.69) is 0 Å². The van der Waals surface area contributed by atoms with Crippen LogP contribution in [-0.2, 0) is 9.84 Å². The van der Waals surface area contributed by atoms with Gasteiger partial charge in [0, 0.05) is 4.43 Å². The van der Waals surface area contributed by atoms with Gasteiger partial charge in [0.15, 0.2) is 0 Å². The van der Waals surface area contributed by atoms with Crippen molar-refractivity contribution in [3.8, 4) is 0 Å². The molecule has 0 aromatic rings. The van der Waals surface area contributed by atoms with E-state index >= 15 is 0 Å². The molecule has 0 aromatic carbocycles. The molecule has 0 radical (unpaired) electrons. The van der Waals surface area contributed by atoms with Gasteiger partial charge in [-0.2, -0.15) is 13.2 Å². The Morgan fingerprint density at radius 3 is 2.08 bits per heavy atom. The molecule has 0 fully saturated rings. The summed E-state index contributed by atoms with van der Waals surface area (Å²) in [5.74, 6) is -1.28. The van der Waals surface area contributed by atoms with E-state index in [0.29, 0.717) is 4.43 Å². The minimum absolute atomic E-state index is 0.396. The van der Waals surface area contributed by atoms with Crippen LogP contribution in [0.4, 0.5) is 13.2 Å². The molecule has 0 amide bonds. The molecule has 12 heavy (non-hydrogen) atoms. The van der Waals surface area contributed by atoms with E-state index in [9.17, 15) is 21.6 Å². The van der Waals surface area contributed by atoms with E-state index in [4.69, 9.17) is 0 Å². The first-order valence-corrected chi connectivity index (χ1v) is 6.23. The highest BCUT2D eigenvalue weighted by Crippen LogP contribution is 2.25. The third-order valence-electron chi connectivity index (χ3n) is 1.12. The Bertz CT molecular complexity index is 234. The van der Waals surface area contributed by atoms with E-state index in [1.807, 2.05) is 22.6 Å². The third kappa shape index (κ3) is 3.46. The first-order valence-electron chi connectivity index (χ1n) is 3.05. The van der Waals surface area contributed by atoms with Crippen molar-refractivity contribution in [2.45, 2.75) is 12.4 Å². The summed E-state index contributed by atoms with van der Waals surface area (Å²) in [5.41, 5.74) is -5.10. The average molecular weight is 316 g/mol. The molecule has 0 heterocycles. The van der Waals surface area contributed by atoms with Crippen LogP contribution < -0.4 is 0 Å². The van der Waals surface area contributed by atoms with Gasteiger partial charge in [0.25, 0.3) is 0 Å². The quantitative estimate of drug-likeness (QED) is 0.589. The highest BCUT2D eigenvalue weighted by atomic mass is 127. The molecule has 0 saturated heterocycles. The van der Waals surface area contributed by atoms with Gasteiger partial charge in [-0.1, -0.05) is 29.5 Å². The highest BCUT2D eigenvalue weighted by Gasteiger charge is 2.45. The van der Waals surface area contributed by atoms with Gasteiger partial charge in [-0.05, 0) is 5.92 Å². The van der Waals surface area contributed by atoms with Gasteiger partial charge in [-0.3, -0.25) is 0 Å². The predicted molar refractivity (Wildman–Crippen MR) is 47.9 cm³/mol. The van der Waals surface area contributed by atoms with E-state index in [1.165, 1.54) is 6.92 Å². The van der Waals surface area contributed by atoms with Crippen LogP contribution in [0.15, 0.2) is 0 Å². The Morgan fingerprint density at radius 2 is 1.83 bits per heavy atom. The van der Waals surface area contributed by atoms with Gasteiger partial charge >= 0.3 is 5.51 Å². The van der Waals surface area contributed by atoms with Crippen molar-refractivity contribution in [3.63, 3.8) is 0 Å². The van der Waals surface area contributed by atoms with Crippen LogP contribution >= 0.6 is 22.6 Å². The van der Waals surface area contributed by atoms with Crippen molar-refractivity contribution >= 4 is 32.4 Å². The molecule has 0 rings (SSSR count). The minimum Gasteiger partial charge on any atom is -0.220 e. The summed E-state index contributed by atoms with van der Waals surface area (Å²) in [5, 5.41) is 0. The molecular formula is C5H8F3IO2S. The predicted octanol–water partition coefficient (Wildman–Crippen LogP) is 1.99. The van der Waals surface area contributed by atoms with Crippen molar-refractivity contribution in [3.05, 3.63) is 0 Å². The Balaban J connectivity index is 4.46. The fourth-order valence-electron chi connectivity index (χ4n) is 0.514.